The lowest BCUT2D eigenvalue weighted by Gasteiger charge is -2.32. The Kier molecular flexibility index (Phi) is 8.06. The van der Waals surface area contributed by atoms with E-state index in [1.165, 1.54) is 23.9 Å². The predicted molar refractivity (Wildman–Crippen MR) is 139 cm³/mol. The summed E-state index contributed by atoms with van der Waals surface area (Å²) in [7, 11) is 0. The van der Waals surface area contributed by atoms with Crippen LogP contribution in [0, 0.1) is 16.0 Å². The highest BCUT2D eigenvalue weighted by Gasteiger charge is 2.30. The topological polar surface area (TPSA) is 108 Å². The molecule has 0 saturated carbocycles. The minimum atomic E-state index is -0.534. The molecule has 1 saturated heterocycles. The molecule has 37 heavy (non-hydrogen) atoms. The lowest BCUT2D eigenvalue weighted by Crippen LogP contribution is -2.41. The Hall–Kier alpha value is -3.53. The molecule has 0 unspecified atom stereocenters. The van der Waals surface area contributed by atoms with Gasteiger partial charge in [0.2, 0.25) is 5.91 Å². The number of nitro groups is 1. The van der Waals surface area contributed by atoms with E-state index in [1.807, 2.05) is 26.8 Å². The fourth-order valence-electron chi connectivity index (χ4n) is 4.07. The van der Waals surface area contributed by atoms with Crippen LogP contribution in [0.1, 0.15) is 39.2 Å². The molecule has 0 aromatic heterocycles. The lowest BCUT2D eigenvalue weighted by atomic mass is 9.96. The zero-order valence-electron chi connectivity index (χ0n) is 21.1. The number of fused-ring (bicyclic) bond motifs is 1. The molecule has 0 atom stereocenters. The molecule has 2 heterocycles. The van der Waals surface area contributed by atoms with E-state index in [4.69, 9.17) is 14.2 Å². The minimum Gasteiger partial charge on any atom is -0.486 e. The monoisotopic (exact) mass is 526 g/mol. The van der Waals surface area contributed by atoms with Crippen molar-refractivity contribution in [2.24, 2.45) is 5.92 Å². The number of esters is 1. The van der Waals surface area contributed by atoms with Gasteiger partial charge in [-0.05, 0) is 69.5 Å². The van der Waals surface area contributed by atoms with Crippen molar-refractivity contribution in [3.8, 4) is 11.5 Å². The first-order chi connectivity index (χ1) is 17.6. The summed E-state index contributed by atoms with van der Waals surface area (Å²) in [6, 6.07) is 10.3. The van der Waals surface area contributed by atoms with E-state index in [9.17, 15) is 19.7 Å². The van der Waals surface area contributed by atoms with Gasteiger partial charge in [0, 0.05) is 30.1 Å². The van der Waals surface area contributed by atoms with Gasteiger partial charge in [0.05, 0.1) is 15.7 Å². The van der Waals surface area contributed by atoms with Crippen LogP contribution in [0.3, 0.4) is 0 Å². The number of nitro benzene ring substituents is 1. The maximum atomic E-state index is 12.7. The second-order valence-corrected chi connectivity index (χ2v) is 11.0. The fraction of sp³-hybridized carbons (Fsp3) is 0.407. The molecule has 9 nitrogen and oxygen atoms in total. The number of nitrogens with zero attached hydrogens (tertiary/aromatic N) is 2. The van der Waals surface area contributed by atoms with Crippen molar-refractivity contribution in [1.82, 2.24) is 4.90 Å². The second kappa shape index (κ2) is 11.2. The van der Waals surface area contributed by atoms with E-state index in [1.54, 1.807) is 35.2 Å². The molecule has 2 aromatic rings. The second-order valence-electron chi connectivity index (χ2n) is 9.86. The van der Waals surface area contributed by atoms with Crippen LogP contribution in [0.4, 0.5) is 5.69 Å². The van der Waals surface area contributed by atoms with Crippen LogP contribution in [0.2, 0.25) is 0 Å². The number of hydrogen-bond donors (Lipinski definition) is 0. The van der Waals surface area contributed by atoms with Crippen LogP contribution >= 0.6 is 11.8 Å². The average Bonchev–Trinajstić information content (AvgIpc) is 2.86. The van der Waals surface area contributed by atoms with Crippen LogP contribution in [0.15, 0.2) is 52.3 Å². The molecule has 2 aromatic carbocycles. The van der Waals surface area contributed by atoms with Gasteiger partial charge in [-0.25, -0.2) is 0 Å². The summed E-state index contributed by atoms with van der Waals surface area (Å²) in [6.45, 7) is 7.37. The molecular formula is C27H30N2O7S. The number of carbonyl (C=O) groups excluding carboxylic acids is 2. The molecule has 4 rings (SSSR count). The molecule has 0 bridgehead atoms. The molecule has 2 aliphatic rings. The maximum absolute atomic E-state index is 12.7. The van der Waals surface area contributed by atoms with Gasteiger partial charge in [-0.1, -0.05) is 17.8 Å². The SMILES string of the molecule is CC(C)(C)OC(=O)C1CCN(C(=O)/C=C/c2ccc(Sc3ccc4c(c3)OCCO4)c([N+](=O)[O-])c2)CC1. The number of likely N-dealkylation sites (tertiary alicyclic amines) is 1. The van der Waals surface area contributed by atoms with Gasteiger partial charge >= 0.3 is 5.97 Å². The van der Waals surface area contributed by atoms with E-state index in [-0.39, 0.29) is 23.5 Å². The van der Waals surface area contributed by atoms with Crippen molar-refractivity contribution in [3.63, 3.8) is 0 Å². The van der Waals surface area contributed by atoms with Crippen LogP contribution < -0.4 is 9.47 Å². The Labute approximate surface area is 219 Å². The normalized spacial score (nSPS) is 16.0. The Balaban J connectivity index is 1.38. The van der Waals surface area contributed by atoms with Gasteiger partial charge in [0.25, 0.3) is 5.69 Å². The van der Waals surface area contributed by atoms with Crippen molar-refractivity contribution < 1.29 is 28.7 Å². The first-order valence-corrected chi connectivity index (χ1v) is 13.0. The smallest absolute Gasteiger partial charge is 0.309 e. The highest BCUT2D eigenvalue weighted by molar-refractivity contribution is 7.99. The molecule has 0 N–H and O–H groups in total. The predicted octanol–water partition coefficient (Wildman–Crippen LogP) is 5.11. The summed E-state index contributed by atoms with van der Waals surface area (Å²) in [5, 5.41) is 11.8. The third-order valence-electron chi connectivity index (χ3n) is 5.89. The number of hydrogen-bond acceptors (Lipinski definition) is 8. The van der Waals surface area contributed by atoms with Gasteiger partial charge in [0.1, 0.15) is 18.8 Å². The lowest BCUT2D eigenvalue weighted by molar-refractivity contribution is -0.387. The zero-order chi connectivity index (χ0) is 26.6. The third-order valence-corrected chi connectivity index (χ3v) is 6.94. The number of benzene rings is 2. The van der Waals surface area contributed by atoms with Crippen LogP contribution in [0.25, 0.3) is 6.08 Å². The maximum Gasteiger partial charge on any atom is 0.309 e. The Bertz CT molecular complexity index is 1210. The zero-order valence-corrected chi connectivity index (χ0v) is 21.9. The number of amides is 1. The molecule has 2 aliphatic heterocycles. The minimum absolute atomic E-state index is 0.0485. The molecule has 10 heteroatoms. The standard InChI is InChI=1S/C27H30N2O7S/c1-27(2,3)36-26(31)19-10-12-28(13-11-19)25(30)9-5-18-4-8-24(21(16-18)29(32)33)37-20-6-7-22-23(17-20)35-15-14-34-22/h4-9,16-17,19H,10-15H2,1-3H3/b9-5+. The molecule has 0 aliphatic carbocycles. The molecule has 0 radical (unpaired) electrons. The summed E-state index contributed by atoms with van der Waals surface area (Å²) >= 11 is 1.26. The largest absolute Gasteiger partial charge is 0.486 e. The number of piperidine rings is 1. The van der Waals surface area contributed by atoms with Gasteiger partial charge in [-0.3, -0.25) is 19.7 Å². The number of carbonyl (C=O) groups is 2. The van der Waals surface area contributed by atoms with Crippen LogP contribution in [-0.4, -0.2) is 53.6 Å². The first kappa shape index (κ1) is 26.5. The summed E-state index contributed by atoms with van der Waals surface area (Å²) in [6.07, 6.45) is 4.09. The molecule has 196 valence electrons. The van der Waals surface area contributed by atoms with Gasteiger partial charge in [0.15, 0.2) is 11.5 Å². The van der Waals surface area contributed by atoms with E-state index in [0.717, 1.165) is 4.90 Å². The number of rotatable bonds is 6. The molecule has 1 fully saturated rings. The summed E-state index contributed by atoms with van der Waals surface area (Å²) in [4.78, 5) is 39.3. The van der Waals surface area contributed by atoms with Crippen molar-refractivity contribution >= 4 is 35.4 Å². The van der Waals surface area contributed by atoms with E-state index < -0.39 is 10.5 Å². The van der Waals surface area contributed by atoms with Crippen molar-refractivity contribution in [3.05, 3.63) is 58.2 Å². The van der Waals surface area contributed by atoms with E-state index >= 15 is 0 Å². The highest BCUT2D eigenvalue weighted by Crippen LogP contribution is 2.40. The summed E-state index contributed by atoms with van der Waals surface area (Å²) in [5.41, 5.74) is -0.0317. The quantitative estimate of drug-likeness (QED) is 0.221. The first-order valence-electron chi connectivity index (χ1n) is 12.1. The van der Waals surface area contributed by atoms with E-state index in [2.05, 4.69) is 0 Å². The average molecular weight is 527 g/mol. The fourth-order valence-corrected chi connectivity index (χ4v) is 5.00. The number of ether oxygens (including phenoxy) is 3. The van der Waals surface area contributed by atoms with Gasteiger partial charge < -0.3 is 19.1 Å². The van der Waals surface area contributed by atoms with Gasteiger partial charge in [-0.2, -0.15) is 0 Å². The Morgan fingerprint density at radius 1 is 1.08 bits per heavy atom. The van der Waals surface area contributed by atoms with Crippen molar-refractivity contribution in [1.29, 1.82) is 0 Å². The Morgan fingerprint density at radius 2 is 1.78 bits per heavy atom. The summed E-state index contributed by atoms with van der Waals surface area (Å²) in [5.74, 6) is 0.641. The third kappa shape index (κ3) is 7.03. The van der Waals surface area contributed by atoms with E-state index in [0.29, 0.717) is 61.1 Å². The molecule has 0 spiro atoms. The Morgan fingerprint density at radius 3 is 2.46 bits per heavy atom. The summed E-state index contributed by atoms with van der Waals surface area (Å²) < 4.78 is 16.6. The van der Waals surface area contributed by atoms with Crippen LogP contribution in [0.5, 0.6) is 11.5 Å². The molecular weight excluding hydrogens is 496 g/mol. The highest BCUT2D eigenvalue weighted by atomic mass is 32.2. The molecule has 1 amide bonds. The van der Waals surface area contributed by atoms with Gasteiger partial charge in [-0.15, -0.1) is 0 Å². The van der Waals surface area contributed by atoms with Crippen LogP contribution in [-0.2, 0) is 14.3 Å². The van der Waals surface area contributed by atoms with Crippen molar-refractivity contribution in [2.75, 3.05) is 26.3 Å². The van der Waals surface area contributed by atoms with Crippen molar-refractivity contribution in [2.45, 2.75) is 49.0 Å².